The molecule has 3 aromatic rings. The van der Waals surface area contributed by atoms with Gasteiger partial charge in [-0.25, -0.2) is 9.37 Å². The van der Waals surface area contributed by atoms with Crippen LogP contribution in [-0.4, -0.2) is 15.9 Å². The molecule has 1 amide bonds. The summed E-state index contributed by atoms with van der Waals surface area (Å²) in [4.78, 5) is 32.1. The number of carbonyl (C=O) groups excluding carboxylic acids is 1. The van der Waals surface area contributed by atoms with Gasteiger partial charge in [-0.05, 0) is 36.6 Å². The van der Waals surface area contributed by atoms with Gasteiger partial charge in [0.1, 0.15) is 11.6 Å². The van der Waals surface area contributed by atoms with E-state index in [1.807, 2.05) is 30.3 Å². The molecular weight excluding hydrogens is 357 g/mol. The second-order valence-electron chi connectivity index (χ2n) is 7.05. The molecule has 1 fully saturated rings. The fraction of sp³-hybridized carbons (Fsp3) is 0.227. The molecule has 142 valence electrons. The first-order chi connectivity index (χ1) is 13.6. The quantitative estimate of drug-likeness (QED) is 0.690. The van der Waals surface area contributed by atoms with Gasteiger partial charge in [0, 0.05) is 24.0 Å². The van der Waals surface area contributed by atoms with Crippen molar-refractivity contribution < 1.29 is 9.18 Å². The number of nitrogens with zero attached hydrogens (tertiary/aromatic N) is 1. The zero-order valence-corrected chi connectivity index (χ0v) is 15.2. The zero-order chi connectivity index (χ0) is 19.5. The summed E-state index contributed by atoms with van der Waals surface area (Å²) >= 11 is 0. The molecule has 2 N–H and O–H groups in total. The summed E-state index contributed by atoms with van der Waals surface area (Å²) in [6.07, 6.45) is 2.43. The Hall–Kier alpha value is -3.28. The van der Waals surface area contributed by atoms with Gasteiger partial charge in [-0.1, -0.05) is 36.4 Å². The van der Waals surface area contributed by atoms with Crippen molar-refractivity contribution in [3.05, 3.63) is 99.5 Å². The Labute approximate surface area is 161 Å². The molecule has 0 aliphatic heterocycles. The van der Waals surface area contributed by atoms with Crippen molar-refractivity contribution in [3.63, 3.8) is 0 Å². The highest BCUT2D eigenvalue weighted by atomic mass is 19.1. The third kappa shape index (κ3) is 4.34. The van der Waals surface area contributed by atoms with Crippen LogP contribution in [0.2, 0.25) is 0 Å². The topological polar surface area (TPSA) is 74.8 Å². The van der Waals surface area contributed by atoms with Crippen LogP contribution in [0, 0.1) is 5.82 Å². The summed E-state index contributed by atoms with van der Waals surface area (Å²) < 4.78 is 13.5. The minimum atomic E-state index is -0.464. The molecular formula is C22H20FN3O2. The number of hydrogen-bond acceptors (Lipinski definition) is 3. The molecule has 0 saturated heterocycles. The van der Waals surface area contributed by atoms with Gasteiger partial charge in [-0.3, -0.25) is 9.59 Å². The standard InChI is InChI=1S/C22H20FN3O2/c23-17-8-4-7-16(11-17)22(28)25-19(14-5-2-1-3-6-14)12-18-13-20(27)26-21(24-18)15-9-10-15/h1-8,11,13,15,19H,9-10,12H2,(H,25,28)(H,24,26,27)/t19-/m0/s1. The molecule has 0 unspecified atom stereocenters. The second-order valence-corrected chi connectivity index (χ2v) is 7.05. The van der Waals surface area contributed by atoms with E-state index in [0.29, 0.717) is 23.9 Å². The molecule has 1 aliphatic rings. The van der Waals surface area contributed by atoms with Crippen LogP contribution in [0.15, 0.2) is 65.5 Å². The summed E-state index contributed by atoms with van der Waals surface area (Å²) in [7, 11) is 0. The van der Waals surface area contributed by atoms with Gasteiger partial charge in [0.2, 0.25) is 0 Å². The van der Waals surface area contributed by atoms with Crippen molar-refractivity contribution in [2.45, 2.75) is 31.2 Å². The zero-order valence-electron chi connectivity index (χ0n) is 15.2. The number of H-pyrrole nitrogens is 1. The predicted molar refractivity (Wildman–Crippen MR) is 104 cm³/mol. The van der Waals surface area contributed by atoms with Crippen LogP contribution in [0.1, 0.15) is 52.2 Å². The molecule has 1 aromatic heterocycles. The lowest BCUT2D eigenvalue weighted by molar-refractivity contribution is 0.0936. The van der Waals surface area contributed by atoms with Crippen LogP contribution < -0.4 is 10.9 Å². The molecule has 2 aromatic carbocycles. The van der Waals surface area contributed by atoms with Crippen LogP contribution in [0.5, 0.6) is 0 Å². The fourth-order valence-corrected chi connectivity index (χ4v) is 3.20. The third-order valence-electron chi connectivity index (χ3n) is 4.78. The number of aromatic amines is 1. The minimum Gasteiger partial charge on any atom is -0.345 e. The maximum Gasteiger partial charge on any atom is 0.251 e. The average molecular weight is 377 g/mol. The van der Waals surface area contributed by atoms with Crippen LogP contribution >= 0.6 is 0 Å². The number of aromatic nitrogens is 2. The van der Waals surface area contributed by atoms with E-state index in [1.165, 1.54) is 24.3 Å². The maximum absolute atomic E-state index is 13.5. The number of halogens is 1. The lowest BCUT2D eigenvalue weighted by Crippen LogP contribution is -2.30. The van der Waals surface area contributed by atoms with Crippen molar-refractivity contribution in [2.75, 3.05) is 0 Å². The summed E-state index contributed by atoms with van der Waals surface area (Å²) in [6, 6.07) is 16.1. The average Bonchev–Trinajstić information content (AvgIpc) is 3.53. The van der Waals surface area contributed by atoms with E-state index in [4.69, 9.17) is 0 Å². The Bertz CT molecular complexity index is 1040. The highest BCUT2D eigenvalue weighted by Crippen LogP contribution is 2.37. The third-order valence-corrected chi connectivity index (χ3v) is 4.78. The van der Waals surface area contributed by atoms with Crippen molar-refractivity contribution >= 4 is 5.91 Å². The van der Waals surface area contributed by atoms with Gasteiger partial charge >= 0.3 is 0 Å². The predicted octanol–water partition coefficient (Wildman–Crippen LogP) is 3.50. The summed E-state index contributed by atoms with van der Waals surface area (Å²) in [6.45, 7) is 0. The van der Waals surface area contributed by atoms with Crippen molar-refractivity contribution in [3.8, 4) is 0 Å². The molecule has 1 aliphatic carbocycles. The van der Waals surface area contributed by atoms with Gasteiger partial charge in [0.05, 0.1) is 11.7 Å². The van der Waals surface area contributed by atoms with Gasteiger partial charge < -0.3 is 10.3 Å². The Morgan fingerprint density at radius 1 is 1.14 bits per heavy atom. The Kier molecular flexibility index (Phi) is 5.02. The minimum absolute atomic E-state index is 0.185. The number of hydrogen-bond donors (Lipinski definition) is 2. The van der Waals surface area contributed by atoms with E-state index in [2.05, 4.69) is 15.3 Å². The fourth-order valence-electron chi connectivity index (χ4n) is 3.20. The summed E-state index contributed by atoms with van der Waals surface area (Å²) in [5.74, 6) is 0.199. The Balaban J connectivity index is 1.61. The van der Waals surface area contributed by atoms with E-state index in [-0.39, 0.29) is 17.0 Å². The summed E-state index contributed by atoms with van der Waals surface area (Å²) in [5.41, 5.74) is 1.58. The number of carbonyl (C=O) groups is 1. The smallest absolute Gasteiger partial charge is 0.251 e. The van der Waals surface area contributed by atoms with E-state index < -0.39 is 11.9 Å². The summed E-state index contributed by atoms with van der Waals surface area (Å²) in [5, 5.41) is 2.95. The van der Waals surface area contributed by atoms with Gasteiger partial charge in [-0.15, -0.1) is 0 Å². The lowest BCUT2D eigenvalue weighted by Gasteiger charge is -2.19. The Morgan fingerprint density at radius 2 is 1.93 bits per heavy atom. The van der Waals surface area contributed by atoms with Crippen molar-refractivity contribution in [2.24, 2.45) is 0 Å². The first-order valence-electron chi connectivity index (χ1n) is 9.30. The van der Waals surface area contributed by atoms with E-state index >= 15 is 0 Å². The highest BCUT2D eigenvalue weighted by molar-refractivity contribution is 5.94. The van der Waals surface area contributed by atoms with Crippen LogP contribution in [-0.2, 0) is 6.42 Å². The number of amides is 1. The van der Waals surface area contributed by atoms with Gasteiger partial charge in [-0.2, -0.15) is 0 Å². The molecule has 0 bridgehead atoms. The van der Waals surface area contributed by atoms with Gasteiger partial charge in [0.25, 0.3) is 11.5 Å². The van der Waals surface area contributed by atoms with Crippen LogP contribution in [0.4, 0.5) is 4.39 Å². The first kappa shape index (κ1) is 18.1. The highest BCUT2D eigenvalue weighted by Gasteiger charge is 2.27. The Morgan fingerprint density at radius 3 is 2.64 bits per heavy atom. The number of rotatable bonds is 6. The molecule has 5 nitrogen and oxygen atoms in total. The molecule has 0 spiro atoms. The number of nitrogens with one attached hydrogen (secondary N) is 2. The normalized spacial score (nSPS) is 14.5. The molecule has 1 atom stereocenters. The van der Waals surface area contributed by atoms with E-state index in [0.717, 1.165) is 18.4 Å². The second kappa shape index (κ2) is 7.76. The van der Waals surface area contributed by atoms with E-state index in [1.54, 1.807) is 6.07 Å². The van der Waals surface area contributed by atoms with Gasteiger partial charge in [0.15, 0.2) is 0 Å². The van der Waals surface area contributed by atoms with Crippen molar-refractivity contribution in [1.82, 2.24) is 15.3 Å². The lowest BCUT2D eigenvalue weighted by atomic mass is 10.0. The largest absolute Gasteiger partial charge is 0.345 e. The monoisotopic (exact) mass is 377 g/mol. The van der Waals surface area contributed by atoms with Crippen molar-refractivity contribution in [1.29, 1.82) is 0 Å². The van der Waals surface area contributed by atoms with E-state index in [9.17, 15) is 14.0 Å². The molecule has 28 heavy (non-hydrogen) atoms. The number of benzene rings is 2. The molecule has 1 saturated carbocycles. The molecule has 4 rings (SSSR count). The molecule has 0 radical (unpaired) electrons. The molecule has 6 heteroatoms. The maximum atomic E-state index is 13.5. The van der Waals surface area contributed by atoms with Crippen LogP contribution in [0.3, 0.4) is 0 Å². The van der Waals surface area contributed by atoms with Crippen LogP contribution in [0.25, 0.3) is 0 Å². The SMILES string of the molecule is O=C(N[C@@H](Cc1cc(=O)[nH]c(C2CC2)n1)c1ccccc1)c1cccc(F)c1. The first-order valence-corrected chi connectivity index (χ1v) is 9.30. The molecule has 1 heterocycles.